The minimum absolute atomic E-state index is 0. The molecule has 2 fully saturated rings. The van der Waals surface area contributed by atoms with Crippen molar-refractivity contribution in [3.05, 3.63) is 29.8 Å². The number of rotatable bonds is 11. The number of benzene rings is 1. The number of guanidine groups is 1. The second-order valence-corrected chi connectivity index (χ2v) is 8.93. The van der Waals surface area contributed by atoms with Crippen LogP contribution in [0, 0.1) is 11.8 Å². The van der Waals surface area contributed by atoms with Gasteiger partial charge in [-0.15, -0.1) is 24.0 Å². The van der Waals surface area contributed by atoms with Gasteiger partial charge in [-0.2, -0.15) is 0 Å². The predicted molar refractivity (Wildman–Crippen MR) is 145 cm³/mol. The molecule has 3 rings (SSSR count). The molecule has 8 heteroatoms. The van der Waals surface area contributed by atoms with E-state index in [1.54, 1.807) is 7.11 Å². The Morgan fingerprint density at radius 1 is 1.06 bits per heavy atom. The van der Waals surface area contributed by atoms with Crippen molar-refractivity contribution in [3.63, 3.8) is 0 Å². The number of hydrogen-bond donors (Lipinski definition) is 2. The minimum atomic E-state index is 0. The average Bonchev–Trinajstić information content (AvgIpc) is 2.85. The maximum Gasteiger partial charge on any atom is 0.190 e. The van der Waals surface area contributed by atoms with Crippen LogP contribution in [0.5, 0.6) is 5.75 Å². The van der Waals surface area contributed by atoms with Crippen molar-refractivity contribution in [1.29, 1.82) is 0 Å². The number of ether oxygens (including phenoxy) is 3. The van der Waals surface area contributed by atoms with Crippen LogP contribution in [-0.2, 0) is 16.0 Å². The Kier molecular flexibility index (Phi) is 14.1. The summed E-state index contributed by atoms with van der Waals surface area (Å²) in [6.07, 6.45) is 5.71. The minimum Gasteiger partial charge on any atom is -0.497 e. The van der Waals surface area contributed by atoms with Crippen LogP contribution in [0.15, 0.2) is 29.3 Å². The third-order valence-electron chi connectivity index (χ3n) is 6.51. The number of piperidine rings is 1. The van der Waals surface area contributed by atoms with E-state index in [1.807, 2.05) is 19.2 Å². The molecule has 2 aliphatic heterocycles. The summed E-state index contributed by atoms with van der Waals surface area (Å²) in [5.41, 5.74) is 1.35. The first-order chi connectivity index (χ1) is 15.8. The van der Waals surface area contributed by atoms with Gasteiger partial charge in [0, 0.05) is 53.1 Å². The van der Waals surface area contributed by atoms with Crippen LogP contribution in [0.25, 0.3) is 0 Å². The summed E-state index contributed by atoms with van der Waals surface area (Å²) in [4.78, 5) is 6.91. The largest absolute Gasteiger partial charge is 0.497 e. The van der Waals surface area contributed by atoms with Crippen molar-refractivity contribution in [2.75, 3.05) is 66.8 Å². The van der Waals surface area contributed by atoms with Gasteiger partial charge in [0.1, 0.15) is 5.75 Å². The molecular weight excluding hydrogens is 531 g/mol. The first kappa shape index (κ1) is 28.1. The lowest BCUT2D eigenvalue weighted by atomic mass is 9.96. The maximum atomic E-state index is 5.84. The van der Waals surface area contributed by atoms with Crippen LogP contribution in [0.2, 0.25) is 0 Å². The normalized spacial score (nSPS) is 18.5. The molecule has 33 heavy (non-hydrogen) atoms. The van der Waals surface area contributed by atoms with Gasteiger partial charge in [-0.25, -0.2) is 0 Å². The van der Waals surface area contributed by atoms with Gasteiger partial charge in [0.05, 0.1) is 7.11 Å². The zero-order chi connectivity index (χ0) is 22.4. The average molecular weight is 575 g/mol. The van der Waals surface area contributed by atoms with Gasteiger partial charge in [0.25, 0.3) is 0 Å². The Balaban J connectivity index is 0.00000385. The quantitative estimate of drug-likeness (QED) is 0.183. The number of aliphatic imine (C=N–C) groups is 1. The summed E-state index contributed by atoms with van der Waals surface area (Å²) < 4.78 is 16.5. The highest BCUT2D eigenvalue weighted by Gasteiger charge is 2.19. The molecule has 0 spiro atoms. The highest BCUT2D eigenvalue weighted by atomic mass is 127. The SMILES string of the molecule is CN=C(NCCCOCC1CCOCC1)NCC1CCN(Cc2ccc(OC)cc2)CC1.I. The predicted octanol–water partition coefficient (Wildman–Crippen LogP) is 3.52. The molecule has 7 nitrogen and oxygen atoms in total. The molecule has 0 bridgehead atoms. The van der Waals surface area contributed by atoms with Crippen molar-refractivity contribution in [1.82, 2.24) is 15.5 Å². The molecule has 2 heterocycles. The van der Waals surface area contributed by atoms with Gasteiger partial charge in [0.15, 0.2) is 5.96 Å². The van der Waals surface area contributed by atoms with E-state index in [0.29, 0.717) is 11.8 Å². The van der Waals surface area contributed by atoms with Crippen LogP contribution in [-0.4, -0.2) is 77.6 Å². The van der Waals surface area contributed by atoms with E-state index < -0.39 is 0 Å². The second-order valence-electron chi connectivity index (χ2n) is 8.93. The zero-order valence-corrected chi connectivity index (χ0v) is 22.7. The van der Waals surface area contributed by atoms with Crippen LogP contribution in [0.4, 0.5) is 0 Å². The fourth-order valence-electron chi connectivity index (χ4n) is 4.34. The molecule has 0 radical (unpaired) electrons. The van der Waals surface area contributed by atoms with Crippen LogP contribution in [0.3, 0.4) is 0 Å². The lowest BCUT2D eigenvalue weighted by molar-refractivity contribution is 0.0203. The van der Waals surface area contributed by atoms with Crippen LogP contribution < -0.4 is 15.4 Å². The summed E-state index contributed by atoms with van der Waals surface area (Å²) in [5.74, 6) is 3.19. The molecule has 2 N–H and O–H groups in total. The van der Waals surface area contributed by atoms with E-state index in [4.69, 9.17) is 14.2 Å². The van der Waals surface area contributed by atoms with Gasteiger partial charge in [0.2, 0.25) is 0 Å². The molecule has 0 aromatic heterocycles. The first-order valence-electron chi connectivity index (χ1n) is 12.2. The Morgan fingerprint density at radius 2 is 1.79 bits per heavy atom. The van der Waals surface area contributed by atoms with Gasteiger partial charge >= 0.3 is 0 Å². The summed E-state index contributed by atoms with van der Waals surface area (Å²) in [6.45, 7) is 8.62. The third-order valence-corrected chi connectivity index (χ3v) is 6.51. The number of hydrogen-bond acceptors (Lipinski definition) is 5. The lowest BCUT2D eigenvalue weighted by Crippen LogP contribution is -2.43. The molecule has 0 atom stereocenters. The van der Waals surface area contributed by atoms with Crippen molar-refractivity contribution < 1.29 is 14.2 Å². The van der Waals surface area contributed by atoms with Gasteiger partial charge < -0.3 is 24.8 Å². The Hall–Kier alpha value is -1.10. The molecular formula is C25H43IN4O3. The fourth-order valence-corrected chi connectivity index (χ4v) is 4.34. The van der Waals surface area contributed by atoms with Gasteiger partial charge in [-0.3, -0.25) is 9.89 Å². The van der Waals surface area contributed by atoms with E-state index >= 15 is 0 Å². The van der Waals surface area contributed by atoms with Crippen molar-refractivity contribution in [2.24, 2.45) is 16.8 Å². The summed E-state index contributed by atoms with van der Waals surface area (Å²) in [5, 5.41) is 6.93. The Labute approximate surface area is 217 Å². The Morgan fingerprint density at radius 3 is 2.45 bits per heavy atom. The molecule has 1 aromatic carbocycles. The summed E-state index contributed by atoms with van der Waals surface area (Å²) >= 11 is 0. The first-order valence-corrected chi connectivity index (χ1v) is 12.2. The van der Waals surface area contributed by atoms with E-state index in [9.17, 15) is 0 Å². The van der Waals surface area contributed by atoms with Crippen molar-refractivity contribution >= 4 is 29.9 Å². The molecule has 1 aromatic rings. The lowest BCUT2D eigenvalue weighted by Gasteiger charge is -2.32. The van der Waals surface area contributed by atoms with E-state index in [-0.39, 0.29) is 24.0 Å². The number of nitrogens with zero attached hydrogens (tertiary/aromatic N) is 2. The number of nitrogens with one attached hydrogen (secondary N) is 2. The molecule has 2 saturated heterocycles. The molecule has 0 aliphatic carbocycles. The van der Waals surface area contributed by atoms with Crippen LogP contribution in [0.1, 0.15) is 37.7 Å². The number of likely N-dealkylation sites (tertiary alicyclic amines) is 1. The molecule has 0 saturated carbocycles. The highest BCUT2D eigenvalue weighted by molar-refractivity contribution is 14.0. The van der Waals surface area contributed by atoms with E-state index in [1.165, 1.54) is 18.4 Å². The van der Waals surface area contributed by atoms with Crippen LogP contribution >= 0.6 is 24.0 Å². The second kappa shape index (κ2) is 16.5. The van der Waals surface area contributed by atoms with E-state index in [0.717, 1.165) is 90.1 Å². The monoisotopic (exact) mass is 574 g/mol. The third kappa shape index (κ3) is 10.8. The number of halogens is 1. The topological polar surface area (TPSA) is 67.4 Å². The number of methoxy groups -OCH3 is 1. The summed E-state index contributed by atoms with van der Waals surface area (Å²) in [6, 6.07) is 8.42. The molecule has 0 unspecified atom stereocenters. The van der Waals surface area contributed by atoms with Crippen molar-refractivity contribution in [3.8, 4) is 5.75 Å². The smallest absolute Gasteiger partial charge is 0.190 e. The van der Waals surface area contributed by atoms with E-state index in [2.05, 4.69) is 32.7 Å². The van der Waals surface area contributed by atoms with Gasteiger partial charge in [-0.05, 0) is 74.7 Å². The highest BCUT2D eigenvalue weighted by Crippen LogP contribution is 2.20. The standard InChI is InChI=1S/C25H42N4O3.HI/c1-26-25(27-12-3-15-32-20-23-10-16-31-17-11-23)28-18-21-8-13-29(14-9-21)19-22-4-6-24(30-2)7-5-22;/h4-7,21,23H,3,8-20H2,1-2H3,(H2,26,27,28);1H. The maximum absolute atomic E-state index is 5.84. The molecule has 188 valence electrons. The van der Waals surface area contributed by atoms with Crippen molar-refractivity contribution in [2.45, 2.75) is 38.6 Å². The molecule has 0 amide bonds. The Bertz CT molecular complexity index is 660. The summed E-state index contributed by atoms with van der Waals surface area (Å²) in [7, 11) is 3.55. The molecule has 2 aliphatic rings. The fraction of sp³-hybridized carbons (Fsp3) is 0.720. The van der Waals surface area contributed by atoms with Gasteiger partial charge in [-0.1, -0.05) is 12.1 Å². The zero-order valence-electron chi connectivity index (χ0n) is 20.4.